The Morgan fingerprint density at radius 1 is 0.886 bits per heavy atom. The lowest BCUT2D eigenvalue weighted by Crippen LogP contribution is -2.36. The first-order valence-corrected chi connectivity index (χ1v) is 11.9. The molecule has 184 valence electrons. The van der Waals surface area contributed by atoms with E-state index in [1.54, 1.807) is 18.2 Å². The van der Waals surface area contributed by atoms with E-state index in [2.05, 4.69) is 29.6 Å². The summed E-state index contributed by atoms with van der Waals surface area (Å²) in [6.07, 6.45) is -3.11. The number of rotatable bonds is 10. The molecule has 0 fully saturated rings. The Morgan fingerprint density at radius 2 is 1.49 bits per heavy atom. The zero-order valence-electron chi connectivity index (χ0n) is 19.9. The Bertz CT molecular complexity index is 1120. The van der Waals surface area contributed by atoms with E-state index in [1.165, 1.54) is 0 Å². The molecule has 3 N–H and O–H groups in total. The summed E-state index contributed by atoms with van der Waals surface area (Å²) in [5.41, 5.74) is 5.00. The number of alkyl carbamates (subject to hydrolysis) is 1. The van der Waals surface area contributed by atoms with Gasteiger partial charge >= 0.3 is 6.09 Å². The predicted octanol–water partition coefficient (Wildman–Crippen LogP) is 4.42. The van der Waals surface area contributed by atoms with Crippen molar-refractivity contribution in [3.05, 3.63) is 83.4 Å². The number of hydrogen-bond donors (Lipinski definition) is 3. The predicted molar refractivity (Wildman–Crippen MR) is 133 cm³/mol. The maximum absolute atomic E-state index is 12.4. The molecule has 7 heteroatoms. The molecular formula is C28H31NO6. The lowest BCUT2D eigenvalue weighted by molar-refractivity contribution is 0.0184. The number of carbonyl (C=O) groups is 1. The fraction of sp³-hybridized carbons (Fsp3) is 0.321. The molecule has 1 aliphatic rings. The van der Waals surface area contributed by atoms with Gasteiger partial charge in [0.25, 0.3) is 0 Å². The van der Waals surface area contributed by atoms with Gasteiger partial charge in [-0.1, -0.05) is 54.6 Å². The first kappa shape index (κ1) is 24.6. The highest BCUT2D eigenvalue weighted by molar-refractivity contribution is 5.79. The molecule has 0 aromatic heterocycles. The average Bonchev–Trinajstić information content (AvgIpc) is 3.20. The maximum Gasteiger partial charge on any atom is 0.407 e. The van der Waals surface area contributed by atoms with E-state index in [1.807, 2.05) is 38.1 Å². The molecule has 1 aliphatic carbocycles. The third kappa shape index (κ3) is 5.42. The molecule has 3 aromatic rings. The van der Waals surface area contributed by atoms with Crippen LogP contribution in [0.1, 0.15) is 42.6 Å². The third-order valence-electron chi connectivity index (χ3n) is 6.07. The number of carbonyl (C=O) groups excluding carboxylic acids is 1. The second-order valence-electron chi connectivity index (χ2n) is 8.29. The van der Waals surface area contributed by atoms with Gasteiger partial charge in [-0.15, -0.1) is 0 Å². The van der Waals surface area contributed by atoms with Crippen LogP contribution in [0.25, 0.3) is 11.1 Å². The van der Waals surface area contributed by atoms with Crippen LogP contribution in [0.5, 0.6) is 11.5 Å². The molecule has 35 heavy (non-hydrogen) atoms. The normalized spacial score (nSPS) is 13.9. The van der Waals surface area contributed by atoms with Crippen LogP contribution in [0.3, 0.4) is 0 Å². The molecule has 0 spiro atoms. The van der Waals surface area contributed by atoms with Crippen molar-refractivity contribution in [2.45, 2.75) is 32.0 Å². The fourth-order valence-corrected chi connectivity index (χ4v) is 4.42. The number of nitrogens with one attached hydrogen (secondary N) is 1. The van der Waals surface area contributed by atoms with Gasteiger partial charge in [-0.25, -0.2) is 4.79 Å². The Morgan fingerprint density at radius 3 is 2.11 bits per heavy atom. The van der Waals surface area contributed by atoms with Crippen molar-refractivity contribution in [3.63, 3.8) is 0 Å². The van der Waals surface area contributed by atoms with Gasteiger partial charge in [0.1, 0.15) is 18.8 Å². The molecule has 0 heterocycles. The van der Waals surface area contributed by atoms with Gasteiger partial charge in [0.15, 0.2) is 11.5 Å². The van der Waals surface area contributed by atoms with Crippen LogP contribution >= 0.6 is 0 Å². The molecule has 0 radical (unpaired) electrons. The number of amides is 1. The molecule has 0 aliphatic heterocycles. The third-order valence-corrected chi connectivity index (χ3v) is 6.07. The van der Waals surface area contributed by atoms with Crippen LogP contribution in [-0.2, 0) is 4.74 Å². The van der Waals surface area contributed by atoms with Gasteiger partial charge in [-0.3, -0.25) is 0 Å². The summed E-state index contributed by atoms with van der Waals surface area (Å²) in [5.74, 6) is 1.00. The average molecular weight is 478 g/mol. The number of aliphatic hydroxyl groups is 2. The number of fused-ring (bicyclic) bond motifs is 3. The molecule has 0 saturated heterocycles. The number of benzene rings is 3. The van der Waals surface area contributed by atoms with Crippen molar-refractivity contribution in [1.82, 2.24) is 5.32 Å². The molecule has 7 nitrogen and oxygen atoms in total. The summed E-state index contributed by atoms with van der Waals surface area (Å²) in [6, 6.07) is 21.2. The van der Waals surface area contributed by atoms with E-state index in [9.17, 15) is 15.0 Å². The van der Waals surface area contributed by atoms with E-state index in [4.69, 9.17) is 14.2 Å². The monoisotopic (exact) mass is 477 g/mol. The topological polar surface area (TPSA) is 97.2 Å². The van der Waals surface area contributed by atoms with Crippen molar-refractivity contribution in [2.75, 3.05) is 26.4 Å². The number of ether oxygens (including phenoxy) is 3. The van der Waals surface area contributed by atoms with E-state index in [-0.39, 0.29) is 19.1 Å². The summed E-state index contributed by atoms with van der Waals surface area (Å²) in [6.45, 7) is 4.65. The maximum atomic E-state index is 12.4. The van der Waals surface area contributed by atoms with Gasteiger partial charge < -0.3 is 29.7 Å². The molecule has 1 amide bonds. The quantitative estimate of drug-likeness (QED) is 0.400. The molecule has 2 unspecified atom stereocenters. The van der Waals surface area contributed by atoms with Crippen molar-refractivity contribution >= 4 is 6.09 Å². The Labute approximate surface area is 205 Å². The summed E-state index contributed by atoms with van der Waals surface area (Å²) >= 11 is 0. The molecule has 3 aromatic carbocycles. The zero-order valence-corrected chi connectivity index (χ0v) is 19.9. The standard InChI is InChI=1S/C28H31NO6/c1-3-33-25-14-13-18(15-26(25)34-4-2)27(31)24(30)16-29-28(32)35-17-23-21-11-7-5-9-19(21)20-10-6-8-12-22(20)23/h5-15,23-24,27,30-31H,3-4,16-17H2,1-2H3,(H,29,32). The highest BCUT2D eigenvalue weighted by Gasteiger charge is 2.29. The van der Waals surface area contributed by atoms with Crippen molar-refractivity contribution in [1.29, 1.82) is 0 Å². The number of hydrogen-bond acceptors (Lipinski definition) is 6. The molecule has 0 saturated carbocycles. The Kier molecular flexibility index (Phi) is 7.90. The zero-order chi connectivity index (χ0) is 24.8. The number of aliphatic hydroxyl groups excluding tert-OH is 2. The summed E-state index contributed by atoms with van der Waals surface area (Å²) in [4.78, 5) is 12.4. The lowest BCUT2D eigenvalue weighted by Gasteiger charge is -2.20. The Balaban J connectivity index is 1.33. The molecular weight excluding hydrogens is 446 g/mol. The highest BCUT2D eigenvalue weighted by atomic mass is 16.5. The fourth-order valence-electron chi connectivity index (χ4n) is 4.42. The summed E-state index contributed by atoms with van der Waals surface area (Å²) < 4.78 is 16.6. The summed E-state index contributed by atoms with van der Waals surface area (Å²) in [5, 5.41) is 23.6. The highest BCUT2D eigenvalue weighted by Crippen LogP contribution is 2.44. The van der Waals surface area contributed by atoms with Crippen LogP contribution in [0.4, 0.5) is 4.79 Å². The van der Waals surface area contributed by atoms with Gasteiger partial charge in [-0.05, 0) is 53.8 Å². The first-order valence-electron chi connectivity index (χ1n) is 11.9. The lowest BCUT2D eigenvalue weighted by atomic mass is 9.98. The van der Waals surface area contributed by atoms with E-state index in [0.717, 1.165) is 22.3 Å². The van der Waals surface area contributed by atoms with Crippen LogP contribution < -0.4 is 14.8 Å². The summed E-state index contributed by atoms with van der Waals surface area (Å²) in [7, 11) is 0. The van der Waals surface area contributed by atoms with Crippen molar-refractivity contribution < 1.29 is 29.2 Å². The van der Waals surface area contributed by atoms with Crippen LogP contribution in [-0.4, -0.2) is 48.8 Å². The largest absolute Gasteiger partial charge is 0.490 e. The Hall–Kier alpha value is -3.55. The van der Waals surface area contributed by atoms with Crippen molar-refractivity contribution in [3.8, 4) is 22.6 Å². The van der Waals surface area contributed by atoms with E-state index >= 15 is 0 Å². The van der Waals surface area contributed by atoms with Gasteiger partial charge in [0, 0.05) is 12.5 Å². The van der Waals surface area contributed by atoms with E-state index in [0.29, 0.717) is 30.3 Å². The second kappa shape index (κ2) is 11.3. The first-order chi connectivity index (χ1) is 17.0. The van der Waals surface area contributed by atoms with Crippen LogP contribution in [0, 0.1) is 0 Å². The van der Waals surface area contributed by atoms with Crippen LogP contribution in [0.15, 0.2) is 66.7 Å². The van der Waals surface area contributed by atoms with Crippen LogP contribution in [0.2, 0.25) is 0 Å². The molecule has 0 bridgehead atoms. The van der Waals surface area contributed by atoms with E-state index < -0.39 is 18.3 Å². The minimum absolute atomic E-state index is 0.0514. The minimum atomic E-state index is -1.23. The smallest absolute Gasteiger partial charge is 0.407 e. The van der Waals surface area contributed by atoms with Crippen molar-refractivity contribution in [2.24, 2.45) is 0 Å². The minimum Gasteiger partial charge on any atom is -0.490 e. The molecule has 2 atom stereocenters. The second-order valence-corrected chi connectivity index (χ2v) is 8.29. The SMILES string of the molecule is CCOc1ccc(C(O)C(O)CNC(=O)OCC2c3ccccc3-c3ccccc32)cc1OCC. The molecule has 4 rings (SSSR count). The van der Waals surface area contributed by atoms with Gasteiger partial charge in [0.05, 0.1) is 13.2 Å². The van der Waals surface area contributed by atoms with Gasteiger partial charge in [0.2, 0.25) is 0 Å². The van der Waals surface area contributed by atoms with Gasteiger partial charge in [-0.2, -0.15) is 0 Å².